The van der Waals surface area contributed by atoms with Gasteiger partial charge in [0.1, 0.15) is 5.69 Å². The zero-order valence-corrected chi connectivity index (χ0v) is 17.2. The van der Waals surface area contributed by atoms with Crippen LogP contribution in [0.5, 0.6) is 0 Å². The van der Waals surface area contributed by atoms with E-state index in [-0.39, 0.29) is 5.91 Å². The third-order valence-electron chi connectivity index (χ3n) is 6.85. The molecule has 0 radical (unpaired) electrons. The van der Waals surface area contributed by atoms with E-state index in [9.17, 15) is 22.8 Å². The summed E-state index contributed by atoms with van der Waals surface area (Å²) in [6.07, 6.45) is 0.539. The minimum absolute atomic E-state index is 0.272. The van der Waals surface area contributed by atoms with E-state index in [2.05, 4.69) is 10.5 Å². The van der Waals surface area contributed by atoms with Gasteiger partial charge in [0.05, 0.1) is 10.9 Å². The summed E-state index contributed by atoms with van der Waals surface area (Å²) in [7, 11) is 0. The van der Waals surface area contributed by atoms with Gasteiger partial charge in [-0.05, 0) is 55.2 Å². The van der Waals surface area contributed by atoms with Crippen LogP contribution in [0.4, 0.5) is 13.2 Å². The molecule has 32 heavy (non-hydrogen) atoms. The monoisotopic (exact) mass is 441 g/mol. The first-order valence-corrected chi connectivity index (χ1v) is 10.8. The highest BCUT2D eigenvalue weighted by molar-refractivity contribution is 5.94. The summed E-state index contributed by atoms with van der Waals surface area (Å²) in [5, 5.41) is 5.16. The van der Waals surface area contributed by atoms with Crippen LogP contribution in [-0.4, -0.2) is 15.8 Å². The van der Waals surface area contributed by atoms with Gasteiger partial charge in [-0.25, -0.2) is 5.43 Å². The molecule has 166 valence electrons. The van der Waals surface area contributed by atoms with Gasteiger partial charge in [0.2, 0.25) is 5.91 Å². The number of halogens is 3. The minimum atomic E-state index is -4.44. The second kappa shape index (κ2) is 7.76. The molecule has 3 aromatic rings. The molecule has 2 aromatic carbocycles. The summed E-state index contributed by atoms with van der Waals surface area (Å²) in [5.41, 5.74) is 2.12. The zero-order chi connectivity index (χ0) is 22.5. The standard InChI is InChI=1S/C24H22F3N3O2/c25-24(26,27)18-9-7-15(8-10-18)22-19-3-1-2-4-20(19)23(32)30(29-22)28-21(31)13-17-12-14-5-6-16(17)11-14/h1-4,7-10,14,16-17H,5-6,11-13H2,(H,28,31)/t14-,16+,17+/m1/s1. The number of hydrogen-bond acceptors (Lipinski definition) is 3. The Hall–Kier alpha value is -3.16. The van der Waals surface area contributed by atoms with Gasteiger partial charge in [-0.1, -0.05) is 36.8 Å². The van der Waals surface area contributed by atoms with Gasteiger partial charge >= 0.3 is 6.18 Å². The Morgan fingerprint density at radius 1 is 1.03 bits per heavy atom. The quantitative estimate of drug-likeness (QED) is 0.621. The van der Waals surface area contributed by atoms with Crippen LogP contribution in [0.25, 0.3) is 22.0 Å². The molecule has 5 nitrogen and oxygen atoms in total. The van der Waals surface area contributed by atoms with Crippen LogP contribution in [-0.2, 0) is 11.0 Å². The molecule has 2 aliphatic rings. The Morgan fingerprint density at radius 3 is 2.38 bits per heavy atom. The molecule has 5 rings (SSSR count). The number of benzene rings is 2. The maximum Gasteiger partial charge on any atom is 0.416 e. The molecule has 1 aromatic heterocycles. The van der Waals surface area contributed by atoms with Crippen LogP contribution in [0.2, 0.25) is 0 Å². The highest BCUT2D eigenvalue weighted by Gasteiger charge is 2.40. The predicted molar refractivity (Wildman–Crippen MR) is 114 cm³/mol. The first kappa shape index (κ1) is 20.7. The molecular formula is C24H22F3N3O2. The van der Waals surface area contributed by atoms with E-state index in [1.165, 1.54) is 25.0 Å². The highest BCUT2D eigenvalue weighted by atomic mass is 19.4. The van der Waals surface area contributed by atoms with Crippen molar-refractivity contribution in [2.24, 2.45) is 17.8 Å². The summed E-state index contributed by atoms with van der Waals surface area (Å²) in [4.78, 5) is 26.6. The van der Waals surface area contributed by atoms with Crippen molar-refractivity contribution in [3.63, 3.8) is 0 Å². The molecule has 3 atom stereocenters. The maximum atomic E-state index is 12.9. The fourth-order valence-electron chi connectivity index (χ4n) is 5.32. The highest BCUT2D eigenvalue weighted by Crippen LogP contribution is 2.49. The second-order valence-electron chi connectivity index (χ2n) is 8.86. The predicted octanol–water partition coefficient (Wildman–Crippen LogP) is 4.98. The molecule has 0 aliphatic heterocycles. The fourth-order valence-corrected chi connectivity index (χ4v) is 5.32. The molecule has 0 spiro atoms. The average Bonchev–Trinajstić information content (AvgIpc) is 3.38. The minimum Gasteiger partial charge on any atom is -0.273 e. The molecule has 8 heteroatoms. The molecule has 2 aliphatic carbocycles. The second-order valence-corrected chi connectivity index (χ2v) is 8.86. The van der Waals surface area contributed by atoms with E-state index < -0.39 is 17.3 Å². The Morgan fingerprint density at radius 2 is 1.75 bits per heavy atom. The molecular weight excluding hydrogens is 419 g/mol. The molecule has 1 amide bonds. The van der Waals surface area contributed by atoms with Gasteiger partial charge < -0.3 is 0 Å². The van der Waals surface area contributed by atoms with E-state index in [4.69, 9.17) is 0 Å². The number of hydrogen-bond donors (Lipinski definition) is 1. The van der Waals surface area contributed by atoms with Gasteiger partial charge in [-0.15, -0.1) is 9.89 Å². The number of amides is 1. The Balaban J connectivity index is 1.48. The third kappa shape index (κ3) is 3.78. The van der Waals surface area contributed by atoms with E-state index in [1.54, 1.807) is 24.3 Å². The molecule has 2 fully saturated rings. The van der Waals surface area contributed by atoms with E-state index in [0.717, 1.165) is 29.8 Å². The Labute approximate surface area is 182 Å². The van der Waals surface area contributed by atoms with Gasteiger partial charge in [-0.3, -0.25) is 9.59 Å². The topological polar surface area (TPSA) is 64.0 Å². The van der Waals surface area contributed by atoms with Gasteiger partial charge in [0.25, 0.3) is 5.56 Å². The third-order valence-corrected chi connectivity index (χ3v) is 6.85. The van der Waals surface area contributed by atoms with E-state index in [1.807, 2.05) is 0 Å². The Bertz CT molecular complexity index is 1230. The lowest BCUT2D eigenvalue weighted by atomic mass is 9.86. The molecule has 2 saturated carbocycles. The van der Waals surface area contributed by atoms with Crippen molar-refractivity contribution in [3.05, 3.63) is 64.4 Å². The van der Waals surface area contributed by atoms with Crippen LogP contribution in [0.15, 0.2) is 53.3 Å². The fraction of sp³-hybridized carbons (Fsp3) is 0.375. The van der Waals surface area contributed by atoms with Crippen molar-refractivity contribution < 1.29 is 18.0 Å². The molecule has 0 unspecified atom stereocenters. The lowest BCUT2D eigenvalue weighted by Gasteiger charge is -2.21. The number of fused-ring (bicyclic) bond motifs is 3. The lowest BCUT2D eigenvalue weighted by Crippen LogP contribution is -2.36. The zero-order valence-electron chi connectivity index (χ0n) is 17.2. The molecule has 1 heterocycles. The molecule has 1 N–H and O–H groups in total. The van der Waals surface area contributed by atoms with Crippen LogP contribution in [0, 0.1) is 17.8 Å². The number of carbonyl (C=O) groups is 1. The largest absolute Gasteiger partial charge is 0.416 e. The SMILES string of the molecule is O=C(C[C@@H]1C[C@@H]2CC[C@H]1C2)Nn1nc(-c2ccc(C(F)(F)F)cc2)c2ccccc2c1=O. The van der Waals surface area contributed by atoms with E-state index >= 15 is 0 Å². The van der Waals surface area contributed by atoms with Crippen molar-refractivity contribution in [1.82, 2.24) is 9.89 Å². The van der Waals surface area contributed by atoms with E-state index in [0.29, 0.717) is 46.2 Å². The van der Waals surface area contributed by atoms with Gasteiger partial charge in [0.15, 0.2) is 0 Å². The first-order valence-electron chi connectivity index (χ1n) is 10.8. The maximum absolute atomic E-state index is 12.9. The van der Waals surface area contributed by atoms with Crippen molar-refractivity contribution >= 4 is 16.7 Å². The van der Waals surface area contributed by atoms with Crippen LogP contribution in [0.3, 0.4) is 0 Å². The number of carbonyl (C=O) groups excluding carboxylic acids is 1. The number of alkyl halides is 3. The van der Waals surface area contributed by atoms with Crippen molar-refractivity contribution in [3.8, 4) is 11.3 Å². The van der Waals surface area contributed by atoms with Crippen molar-refractivity contribution in [1.29, 1.82) is 0 Å². The number of aromatic nitrogens is 2. The number of rotatable bonds is 4. The summed E-state index contributed by atoms with van der Waals surface area (Å²) in [5.74, 6) is 1.35. The number of nitrogens with one attached hydrogen (secondary N) is 1. The van der Waals surface area contributed by atoms with Gasteiger partial charge in [0, 0.05) is 17.4 Å². The van der Waals surface area contributed by atoms with Crippen LogP contribution >= 0.6 is 0 Å². The lowest BCUT2D eigenvalue weighted by molar-refractivity contribution is -0.137. The van der Waals surface area contributed by atoms with Crippen LogP contribution in [0.1, 0.15) is 37.7 Å². The van der Waals surface area contributed by atoms with Crippen LogP contribution < -0.4 is 11.0 Å². The smallest absolute Gasteiger partial charge is 0.273 e. The van der Waals surface area contributed by atoms with Gasteiger partial charge in [-0.2, -0.15) is 13.2 Å². The number of nitrogens with zero attached hydrogens (tertiary/aromatic N) is 2. The summed E-state index contributed by atoms with van der Waals surface area (Å²) >= 11 is 0. The molecule has 0 saturated heterocycles. The molecule has 2 bridgehead atoms. The average molecular weight is 441 g/mol. The van der Waals surface area contributed by atoms with Crippen molar-refractivity contribution in [2.75, 3.05) is 5.43 Å². The summed E-state index contributed by atoms with van der Waals surface area (Å²) in [6, 6.07) is 11.3. The Kier molecular flexibility index (Phi) is 5.03. The summed E-state index contributed by atoms with van der Waals surface area (Å²) in [6.45, 7) is 0. The van der Waals surface area contributed by atoms with Crippen molar-refractivity contribution in [2.45, 2.75) is 38.3 Å². The normalized spacial score (nSPS) is 22.4. The first-order chi connectivity index (χ1) is 15.3. The summed E-state index contributed by atoms with van der Waals surface area (Å²) < 4.78 is 38.8.